The highest BCUT2D eigenvalue weighted by Crippen LogP contribution is 2.13. The number of carbonyl (C=O) groups excluding carboxylic acids is 1. The number of carbonyl (C=O) groups is 1. The molecule has 1 aromatic rings. The fourth-order valence-corrected chi connectivity index (χ4v) is 2.07. The maximum Gasteiger partial charge on any atom is 0.224 e. The normalized spacial score (nSPS) is 10.3. The molecule has 0 aliphatic heterocycles. The van der Waals surface area contributed by atoms with E-state index < -0.39 is 0 Å². The molecule has 0 radical (unpaired) electrons. The van der Waals surface area contributed by atoms with E-state index in [2.05, 4.69) is 21.2 Å². The van der Waals surface area contributed by atoms with Crippen molar-refractivity contribution in [1.29, 1.82) is 0 Å². The Morgan fingerprint density at radius 1 is 1.47 bits per heavy atom. The molecule has 0 bridgehead atoms. The zero-order valence-electron chi connectivity index (χ0n) is 10.4. The molecule has 0 aliphatic carbocycles. The zero-order chi connectivity index (χ0) is 12.7. The van der Waals surface area contributed by atoms with Crippen LogP contribution >= 0.6 is 15.9 Å². The van der Waals surface area contributed by atoms with E-state index >= 15 is 0 Å². The second kappa shape index (κ2) is 7.45. The first-order chi connectivity index (χ1) is 8.17. The minimum Gasteiger partial charge on any atom is -0.339 e. The molecule has 3 nitrogen and oxygen atoms in total. The van der Waals surface area contributed by atoms with Crippen molar-refractivity contribution in [1.82, 2.24) is 10.2 Å². The number of halogens is 1. The van der Waals surface area contributed by atoms with Gasteiger partial charge >= 0.3 is 0 Å². The van der Waals surface area contributed by atoms with Crippen LogP contribution in [-0.4, -0.2) is 30.9 Å². The van der Waals surface area contributed by atoms with Crippen molar-refractivity contribution in [2.75, 3.05) is 20.1 Å². The fourth-order valence-electron chi connectivity index (χ4n) is 1.62. The van der Waals surface area contributed by atoms with Gasteiger partial charge in [0.05, 0.1) is 0 Å². The van der Waals surface area contributed by atoms with Crippen LogP contribution in [-0.2, 0) is 11.3 Å². The maximum absolute atomic E-state index is 11.9. The molecule has 1 rings (SSSR count). The van der Waals surface area contributed by atoms with E-state index in [-0.39, 0.29) is 5.91 Å². The third-order valence-electron chi connectivity index (χ3n) is 2.59. The molecule has 0 aliphatic rings. The van der Waals surface area contributed by atoms with Crippen molar-refractivity contribution in [3.05, 3.63) is 34.3 Å². The average molecular weight is 299 g/mol. The quantitative estimate of drug-likeness (QED) is 0.875. The number of hydrogen-bond donors (Lipinski definition) is 1. The molecule has 0 saturated carbocycles. The molecule has 94 valence electrons. The molecule has 0 atom stereocenters. The van der Waals surface area contributed by atoms with Gasteiger partial charge in [-0.3, -0.25) is 4.79 Å². The Bertz CT molecular complexity index is 368. The van der Waals surface area contributed by atoms with Gasteiger partial charge < -0.3 is 10.2 Å². The van der Waals surface area contributed by atoms with Gasteiger partial charge in [-0.25, -0.2) is 0 Å². The molecular formula is C13H19BrN2O. The van der Waals surface area contributed by atoms with Crippen molar-refractivity contribution < 1.29 is 4.79 Å². The number of nitrogens with one attached hydrogen (secondary N) is 1. The van der Waals surface area contributed by atoms with Crippen molar-refractivity contribution in [3.8, 4) is 0 Å². The summed E-state index contributed by atoms with van der Waals surface area (Å²) in [6.45, 7) is 4.16. The Morgan fingerprint density at radius 3 is 2.82 bits per heavy atom. The van der Waals surface area contributed by atoms with E-state index in [1.807, 2.05) is 43.1 Å². The molecule has 0 aromatic heterocycles. The minimum atomic E-state index is 0.196. The van der Waals surface area contributed by atoms with Crippen LogP contribution in [0.1, 0.15) is 18.9 Å². The lowest BCUT2D eigenvalue weighted by molar-refractivity contribution is -0.131. The predicted octanol–water partition coefficient (Wildman–Crippen LogP) is 2.41. The summed E-state index contributed by atoms with van der Waals surface area (Å²) in [7, 11) is 1.86. The molecule has 4 heteroatoms. The average Bonchev–Trinajstić information content (AvgIpc) is 2.33. The van der Waals surface area contributed by atoms with E-state index in [4.69, 9.17) is 0 Å². The second-order valence-electron chi connectivity index (χ2n) is 3.89. The SMILES string of the molecule is CCN(Cc1cccc(Br)c1)C(=O)CCNC. The Labute approximate surface area is 111 Å². The minimum absolute atomic E-state index is 0.196. The van der Waals surface area contributed by atoms with Gasteiger partial charge in [0, 0.05) is 30.5 Å². The lowest BCUT2D eigenvalue weighted by Gasteiger charge is -2.21. The van der Waals surface area contributed by atoms with Crippen LogP contribution in [0.15, 0.2) is 28.7 Å². The highest BCUT2D eigenvalue weighted by molar-refractivity contribution is 9.10. The van der Waals surface area contributed by atoms with Gasteiger partial charge in [0.2, 0.25) is 5.91 Å². The number of rotatable bonds is 6. The standard InChI is InChI=1S/C13H19BrN2O/c1-3-16(13(17)7-8-15-2)10-11-5-4-6-12(14)9-11/h4-6,9,15H,3,7-8,10H2,1-2H3. The fraction of sp³-hybridized carbons (Fsp3) is 0.462. The first-order valence-electron chi connectivity index (χ1n) is 5.84. The Kier molecular flexibility index (Phi) is 6.22. The summed E-state index contributed by atoms with van der Waals surface area (Å²) in [5.74, 6) is 0.196. The number of hydrogen-bond acceptors (Lipinski definition) is 2. The van der Waals surface area contributed by atoms with Crippen molar-refractivity contribution in [2.45, 2.75) is 19.9 Å². The van der Waals surface area contributed by atoms with E-state index in [0.29, 0.717) is 13.0 Å². The number of benzene rings is 1. The molecule has 0 fully saturated rings. The van der Waals surface area contributed by atoms with E-state index in [1.165, 1.54) is 0 Å². The van der Waals surface area contributed by atoms with Crippen molar-refractivity contribution >= 4 is 21.8 Å². The van der Waals surface area contributed by atoms with Gasteiger partial charge in [-0.1, -0.05) is 28.1 Å². The van der Waals surface area contributed by atoms with Crippen LogP contribution in [0, 0.1) is 0 Å². The monoisotopic (exact) mass is 298 g/mol. The second-order valence-corrected chi connectivity index (χ2v) is 4.81. The molecule has 17 heavy (non-hydrogen) atoms. The highest BCUT2D eigenvalue weighted by Gasteiger charge is 2.11. The lowest BCUT2D eigenvalue weighted by Crippen LogP contribution is -2.32. The number of amides is 1. The first kappa shape index (κ1) is 14.2. The summed E-state index contributed by atoms with van der Waals surface area (Å²) < 4.78 is 1.05. The van der Waals surface area contributed by atoms with Gasteiger partial charge in [0.15, 0.2) is 0 Å². The first-order valence-corrected chi connectivity index (χ1v) is 6.63. The van der Waals surface area contributed by atoms with Gasteiger partial charge in [-0.15, -0.1) is 0 Å². The summed E-state index contributed by atoms with van der Waals surface area (Å²) in [4.78, 5) is 13.8. The van der Waals surface area contributed by atoms with E-state index in [9.17, 15) is 4.79 Å². The maximum atomic E-state index is 11.9. The highest BCUT2D eigenvalue weighted by atomic mass is 79.9. The summed E-state index contributed by atoms with van der Waals surface area (Å²) >= 11 is 3.44. The predicted molar refractivity (Wildman–Crippen MR) is 73.8 cm³/mol. The molecule has 0 spiro atoms. The van der Waals surface area contributed by atoms with Crippen LogP contribution in [0.3, 0.4) is 0 Å². The van der Waals surface area contributed by atoms with Crippen molar-refractivity contribution in [3.63, 3.8) is 0 Å². The Balaban J connectivity index is 2.60. The van der Waals surface area contributed by atoms with Crippen LogP contribution in [0.25, 0.3) is 0 Å². The lowest BCUT2D eigenvalue weighted by atomic mass is 10.2. The summed E-state index contributed by atoms with van der Waals surface area (Å²) in [6, 6.07) is 8.07. The third kappa shape index (κ3) is 4.88. The largest absolute Gasteiger partial charge is 0.339 e. The Morgan fingerprint density at radius 2 is 2.24 bits per heavy atom. The molecular weight excluding hydrogens is 280 g/mol. The molecule has 0 heterocycles. The zero-order valence-corrected chi connectivity index (χ0v) is 12.0. The molecule has 1 amide bonds. The van der Waals surface area contributed by atoms with E-state index in [0.717, 1.165) is 23.1 Å². The van der Waals surface area contributed by atoms with Gasteiger partial charge in [-0.2, -0.15) is 0 Å². The smallest absolute Gasteiger partial charge is 0.224 e. The van der Waals surface area contributed by atoms with E-state index in [1.54, 1.807) is 0 Å². The summed E-state index contributed by atoms with van der Waals surface area (Å²) in [5, 5.41) is 3.00. The molecule has 1 N–H and O–H groups in total. The topological polar surface area (TPSA) is 32.3 Å². The molecule has 0 saturated heterocycles. The summed E-state index contributed by atoms with van der Waals surface area (Å²) in [5.41, 5.74) is 1.15. The van der Waals surface area contributed by atoms with Gasteiger partial charge in [0.25, 0.3) is 0 Å². The van der Waals surface area contributed by atoms with Crippen molar-refractivity contribution in [2.24, 2.45) is 0 Å². The van der Waals surface area contributed by atoms with Gasteiger partial charge in [-0.05, 0) is 31.7 Å². The van der Waals surface area contributed by atoms with Crippen LogP contribution in [0.4, 0.5) is 0 Å². The molecule has 0 unspecified atom stereocenters. The summed E-state index contributed by atoms with van der Waals surface area (Å²) in [6.07, 6.45) is 0.554. The van der Waals surface area contributed by atoms with Gasteiger partial charge in [0.1, 0.15) is 0 Å². The number of nitrogens with zero attached hydrogens (tertiary/aromatic N) is 1. The Hall–Kier alpha value is -0.870. The third-order valence-corrected chi connectivity index (χ3v) is 3.08. The molecule has 1 aromatic carbocycles. The van der Waals surface area contributed by atoms with Crippen LogP contribution in [0.2, 0.25) is 0 Å². The van der Waals surface area contributed by atoms with Crippen LogP contribution in [0.5, 0.6) is 0 Å². The van der Waals surface area contributed by atoms with Crippen LogP contribution < -0.4 is 5.32 Å².